The van der Waals surface area contributed by atoms with Crippen LogP contribution in [0.15, 0.2) is 18.2 Å². The minimum absolute atomic E-state index is 0. The van der Waals surface area contributed by atoms with Gasteiger partial charge in [-0.25, -0.2) is 0 Å². The highest BCUT2D eigenvalue weighted by Crippen LogP contribution is 2.12. The normalized spacial score (nSPS) is 11.4. The first-order chi connectivity index (χ1) is 7.04. The summed E-state index contributed by atoms with van der Waals surface area (Å²) in [6, 6.07) is 5.57. The quantitative estimate of drug-likeness (QED) is 0.801. The van der Waals surface area contributed by atoms with Gasteiger partial charge in [0.15, 0.2) is 0 Å². The smallest absolute Gasteiger partial charge is 0.251 e. The van der Waals surface area contributed by atoms with E-state index in [-0.39, 0.29) is 24.4 Å². The molecule has 0 heterocycles. The van der Waals surface area contributed by atoms with Gasteiger partial charge in [0.05, 0.1) is 0 Å². The molecule has 0 bridgehead atoms. The molecule has 0 aliphatic heterocycles. The second-order valence-electron chi connectivity index (χ2n) is 3.86. The number of carbonyl (C=O) groups excluding carboxylic acids is 1. The fourth-order valence-corrected chi connectivity index (χ4v) is 1.29. The third-order valence-electron chi connectivity index (χ3n) is 2.50. The van der Waals surface area contributed by atoms with Crippen molar-refractivity contribution in [1.29, 1.82) is 0 Å². The van der Waals surface area contributed by atoms with Gasteiger partial charge in [0, 0.05) is 17.3 Å². The van der Waals surface area contributed by atoms with Crippen LogP contribution in [-0.2, 0) is 0 Å². The molecule has 1 unspecified atom stereocenters. The van der Waals surface area contributed by atoms with Crippen LogP contribution >= 0.6 is 12.4 Å². The van der Waals surface area contributed by atoms with E-state index in [2.05, 4.69) is 5.32 Å². The zero-order valence-corrected chi connectivity index (χ0v) is 10.7. The van der Waals surface area contributed by atoms with Crippen LogP contribution < -0.4 is 11.1 Å². The number of aryl methyl sites for hydroxylation is 1. The molecule has 0 fully saturated rings. The largest absolute Gasteiger partial charge is 0.399 e. The maximum absolute atomic E-state index is 11.8. The first kappa shape index (κ1) is 14.8. The minimum atomic E-state index is -0.0471. The number of hydrogen-bond donors (Lipinski definition) is 2. The van der Waals surface area contributed by atoms with Gasteiger partial charge in [0.2, 0.25) is 0 Å². The number of carbonyl (C=O) groups is 1. The predicted octanol–water partition coefficient (Wildman–Crippen LogP) is 2.53. The first-order valence-electron chi connectivity index (χ1n) is 5.21. The van der Waals surface area contributed by atoms with Crippen molar-refractivity contribution in [3.8, 4) is 0 Å². The summed E-state index contributed by atoms with van der Waals surface area (Å²) in [6.45, 7) is 5.93. The summed E-state index contributed by atoms with van der Waals surface area (Å²) >= 11 is 0. The van der Waals surface area contributed by atoms with Gasteiger partial charge in [-0.05, 0) is 38.0 Å². The summed E-state index contributed by atoms with van der Waals surface area (Å²) < 4.78 is 0. The lowest BCUT2D eigenvalue weighted by atomic mass is 10.1. The Hall–Kier alpha value is -1.22. The van der Waals surface area contributed by atoms with Crippen molar-refractivity contribution in [1.82, 2.24) is 5.32 Å². The Labute approximate surface area is 103 Å². The zero-order valence-electron chi connectivity index (χ0n) is 9.91. The summed E-state index contributed by atoms with van der Waals surface area (Å²) in [5, 5.41) is 2.92. The van der Waals surface area contributed by atoms with Crippen molar-refractivity contribution < 1.29 is 4.79 Å². The van der Waals surface area contributed by atoms with Gasteiger partial charge in [0.25, 0.3) is 5.91 Å². The van der Waals surface area contributed by atoms with Gasteiger partial charge in [-0.15, -0.1) is 12.4 Å². The summed E-state index contributed by atoms with van der Waals surface area (Å²) in [5.41, 5.74) is 7.88. The molecule has 0 aromatic heterocycles. The Morgan fingerprint density at radius 3 is 2.69 bits per heavy atom. The third-order valence-corrected chi connectivity index (χ3v) is 2.50. The van der Waals surface area contributed by atoms with Crippen LogP contribution in [0, 0.1) is 6.92 Å². The van der Waals surface area contributed by atoms with Crippen LogP contribution in [0.3, 0.4) is 0 Å². The number of rotatable bonds is 3. The molecule has 0 aliphatic rings. The van der Waals surface area contributed by atoms with E-state index in [4.69, 9.17) is 5.73 Å². The predicted molar refractivity (Wildman–Crippen MR) is 70.1 cm³/mol. The van der Waals surface area contributed by atoms with Gasteiger partial charge in [0.1, 0.15) is 0 Å². The molecule has 3 nitrogen and oxygen atoms in total. The Balaban J connectivity index is 0.00000225. The monoisotopic (exact) mass is 242 g/mol. The van der Waals surface area contributed by atoms with Crippen molar-refractivity contribution in [3.05, 3.63) is 29.3 Å². The maximum atomic E-state index is 11.8. The molecule has 0 spiro atoms. The van der Waals surface area contributed by atoms with E-state index in [1.165, 1.54) is 0 Å². The molecule has 1 aromatic carbocycles. The molecule has 0 aliphatic carbocycles. The zero-order chi connectivity index (χ0) is 11.4. The summed E-state index contributed by atoms with van der Waals surface area (Å²) in [4.78, 5) is 11.8. The summed E-state index contributed by atoms with van der Waals surface area (Å²) in [6.07, 6.45) is 0.924. The van der Waals surface area contributed by atoms with Crippen LogP contribution in [0.2, 0.25) is 0 Å². The van der Waals surface area contributed by atoms with E-state index in [0.717, 1.165) is 12.0 Å². The van der Waals surface area contributed by atoms with Crippen LogP contribution in [-0.4, -0.2) is 11.9 Å². The highest BCUT2D eigenvalue weighted by Gasteiger charge is 2.10. The van der Waals surface area contributed by atoms with Crippen LogP contribution in [0.4, 0.5) is 5.69 Å². The SMILES string of the molecule is CCC(C)NC(=O)c1cc(N)ccc1C.Cl. The standard InChI is InChI=1S/C12H18N2O.ClH/c1-4-9(3)14-12(15)11-7-10(13)6-5-8(11)2;/h5-7,9H,4,13H2,1-3H3,(H,14,15);1H. The highest BCUT2D eigenvalue weighted by molar-refractivity contribution is 5.96. The number of nitrogens with one attached hydrogen (secondary N) is 1. The Morgan fingerprint density at radius 2 is 2.12 bits per heavy atom. The Kier molecular flexibility index (Phi) is 5.89. The van der Waals surface area contributed by atoms with Gasteiger partial charge in [-0.3, -0.25) is 4.79 Å². The molecule has 4 heteroatoms. The number of benzene rings is 1. The number of anilines is 1. The molecule has 1 aromatic rings. The van der Waals surface area contributed by atoms with Crippen molar-refractivity contribution in [2.75, 3.05) is 5.73 Å². The number of halogens is 1. The number of nitrogens with two attached hydrogens (primary N) is 1. The molecule has 90 valence electrons. The summed E-state index contributed by atoms with van der Waals surface area (Å²) in [5.74, 6) is -0.0471. The molecule has 16 heavy (non-hydrogen) atoms. The molecule has 0 saturated heterocycles. The van der Waals surface area contributed by atoms with Gasteiger partial charge in [-0.1, -0.05) is 13.0 Å². The van der Waals surface area contributed by atoms with Crippen molar-refractivity contribution in [3.63, 3.8) is 0 Å². The molecular weight excluding hydrogens is 224 g/mol. The van der Waals surface area contributed by atoms with E-state index in [9.17, 15) is 4.79 Å². The topological polar surface area (TPSA) is 55.1 Å². The van der Waals surface area contributed by atoms with Crippen LogP contribution in [0.25, 0.3) is 0 Å². The van der Waals surface area contributed by atoms with Crippen molar-refractivity contribution in [2.45, 2.75) is 33.2 Å². The molecule has 1 atom stereocenters. The number of nitrogen functional groups attached to an aromatic ring is 1. The molecule has 1 rings (SSSR count). The van der Waals surface area contributed by atoms with E-state index in [1.807, 2.05) is 26.8 Å². The van der Waals surface area contributed by atoms with E-state index in [0.29, 0.717) is 11.3 Å². The highest BCUT2D eigenvalue weighted by atomic mass is 35.5. The fraction of sp³-hybridized carbons (Fsp3) is 0.417. The lowest BCUT2D eigenvalue weighted by Gasteiger charge is -2.13. The molecule has 3 N–H and O–H groups in total. The number of hydrogen-bond acceptors (Lipinski definition) is 2. The Bertz CT molecular complexity index is 366. The molecule has 0 saturated carbocycles. The van der Waals surface area contributed by atoms with Gasteiger partial charge in [-0.2, -0.15) is 0 Å². The second kappa shape index (κ2) is 6.38. The summed E-state index contributed by atoms with van der Waals surface area (Å²) in [7, 11) is 0. The lowest BCUT2D eigenvalue weighted by Crippen LogP contribution is -2.32. The van der Waals surface area contributed by atoms with E-state index < -0.39 is 0 Å². The van der Waals surface area contributed by atoms with E-state index >= 15 is 0 Å². The first-order valence-corrected chi connectivity index (χ1v) is 5.21. The Morgan fingerprint density at radius 1 is 1.50 bits per heavy atom. The van der Waals surface area contributed by atoms with Crippen molar-refractivity contribution >= 4 is 24.0 Å². The van der Waals surface area contributed by atoms with Crippen LogP contribution in [0.5, 0.6) is 0 Å². The van der Waals surface area contributed by atoms with E-state index in [1.54, 1.807) is 12.1 Å². The molecular formula is C12H19ClN2O. The number of amides is 1. The van der Waals surface area contributed by atoms with Crippen molar-refractivity contribution in [2.24, 2.45) is 0 Å². The van der Waals surface area contributed by atoms with Crippen LogP contribution in [0.1, 0.15) is 36.2 Å². The minimum Gasteiger partial charge on any atom is -0.399 e. The average Bonchev–Trinajstić information content (AvgIpc) is 2.21. The van der Waals surface area contributed by atoms with Gasteiger partial charge < -0.3 is 11.1 Å². The maximum Gasteiger partial charge on any atom is 0.251 e. The molecule has 0 radical (unpaired) electrons. The second-order valence-corrected chi connectivity index (χ2v) is 3.86. The third kappa shape index (κ3) is 3.74. The molecule has 1 amide bonds. The fourth-order valence-electron chi connectivity index (χ4n) is 1.29. The average molecular weight is 243 g/mol. The lowest BCUT2D eigenvalue weighted by molar-refractivity contribution is 0.0938. The van der Waals surface area contributed by atoms with Gasteiger partial charge >= 0.3 is 0 Å².